The lowest BCUT2D eigenvalue weighted by Crippen LogP contribution is -2.50. The van der Waals surface area contributed by atoms with Crippen LogP contribution in [0.5, 0.6) is 0 Å². The normalized spacial score (nSPS) is 14.6. The number of benzene rings is 2. The lowest BCUT2D eigenvalue weighted by atomic mass is 10.2. The third-order valence-corrected chi connectivity index (χ3v) is 4.62. The second-order valence-corrected chi connectivity index (χ2v) is 6.45. The maximum Gasteiger partial charge on any atom is 0.241 e. The number of halogens is 1. The topological polar surface area (TPSA) is 35.6 Å². The van der Waals surface area contributed by atoms with Crippen LogP contribution >= 0.6 is 11.6 Å². The van der Waals surface area contributed by atoms with Crippen LogP contribution in [0.1, 0.15) is 5.56 Å². The van der Waals surface area contributed by atoms with Gasteiger partial charge in [-0.25, -0.2) is 0 Å². The molecule has 24 heavy (non-hydrogen) atoms. The van der Waals surface area contributed by atoms with Gasteiger partial charge in [-0.2, -0.15) is 0 Å². The number of nitrogens with one attached hydrogen (secondary N) is 1. The summed E-state index contributed by atoms with van der Waals surface area (Å²) >= 11 is 6.01. The molecule has 1 amide bonds. The van der Waals surface area contributed by atoms with Gasteiger partial charge >= 0.3 is 0 Å². The fourth-order valence-corrected chi connectivity index (χ4v) is 3.09. The lowest BCUT2D eigenvalue weighted by Gasteiger charge is -2.36. The fraction of sp³-hybridized carbons (Fsp3) is 0.316. The van der Waals surface area contributed by atoms with E-state index in [0.717, 1.165) is 37.4 Å². The van der Waals surface area contributed by atoms with Gasteiger partial charge in [0.05, 0.1) is 6.54 Å². The van der Waals surface area contributed by atoms with Crippen LogP contribution in [-0.4, -0.2) is 43.5 Å². The molecule has 0 bridgehead atoms. The molecule has 0 atom stereocenters. The van der Waals surface area contributed by atoms with Crippen LogP contribution in [0.15, 0.2) is 48.5 Å². The van der Waals surface area contributed by atoms with Crippen LogP contribution in [0.25, 0.3) is 0 Å². The Hall–Kier alpha value is -2.20. The maximum atomic E-state index is 12.4. The van der Waals surface area contributed by atoms with Crippen molar-refractivity contribution in [1.29, 1.82) is 0 Å². The molecule has 0 radical (unpaired) electrons. The van der Waals surface area contributed by atoms with Crippen molar-refractivity contribution in [1.82, 2.24) is 4.90 Å². The Bertz CT molecular complexity index is 697. The first-order chi connectivity index (χ1) is 11.6. The van der Waals surface area contributed by atoms with Crippen molar-refractivity contribution in [3.8, 4) is 0 Å². The summed E-state index contributed by atoms with van der Waals surface area (Å²) in [6.45, 7) is 5.54. The van der Waals surface area contributed by atoms with Gasteiger partial charge in [0.1, 0.15) is 0 Å². The highest BCUT2D eigenvalue weighted by atomic mass is 35.5. The molecule has 0 aromatic heterocycles. The van der Waals surface area contributed by atoms with E-state index in [-0.39, 0.29) is 5.91 Å². The lowest BCUT2D eigenvalue weighted by molar-refractivity contribution is -0.129. The Morgan fingerprint density at radius 2 is 1.79 bits per heavy atom. The van der Waals surface area contributed by atoms with Gasteiger partial charge < -0.3 is 15.1 Å². The van der Waals surface area contributed by atoms with Crippen LogP contribution < -0.4 is 10.2 Å². The summed E-state index contributed by atoms with van der Waals surface area (Å²) in [4.78, 5) is 16.7. The summed E-state index contributed by atoms with van der Waals surface area (Å²) < 4.78 is 0. The first-order valence-corrected chi connectivity index (χ1v) is 8.59. The molecule has 0 spiro atoms. The van der Waals surface area contributed by atoms with E-state index in [0.29, 0.717) is 11.6 Å². The number of hydrogen-bond acceptors (Lipinski definition) is 3. The third kappa shape index (κ3) is 4.01. The van der Waals surface area contributed by atoms with E-state index >= 15 is 0 Å². The molecule has 2 aromatic rings. The summed E-state index contributed by atoms with van der Waals surface area (Å²) in [6.07, 6.45) is 0. The Balaban J connectivity index is 1.51. The van der Waals surface area contributed by atoms with Gasteiger partial charge in [0.15, 0.2) is 0 Å². The highest BCUT2D eigenvalue weighted by Crippen LogP contribution is 2.20. The smallest absolute Gasteiger partial charge is 0.241 e. The Kier molecular flexibility index (Phi) is 5.26. The van der Waals surface area contributed by atoms with Gasteiger partial charge in [-0.3, -0.25) is 4.79 Å². The van der Waals surface area contributed by atoms with Crippen molar-refractivity contribution in [2.45, 2.75) is 6.92 Å². The largest absolute Gasteiger partial charge is 0.376 e. The molecule has 2 aromatic carbocycles. The highest BCUT2D eigenvalue weighted by Gasteiger charge is 2.21. The molecular weight excluding hydrogens is 322 g/mol. The summed E-state index contributed by atoms with van der Waals surface area (Å²) in [5.74, 6) is 0.127. The zero-order valence-corrected chi connectivity index (χ0v) is 14.6. The van der Waals surface area contributed by atoms with E-state index in [9.17, 15) is 4.79 Å². The molecule has 1 N–H and O–H groups in total. The van der Waals surface area contributed by atoms with Gasteiger partial charge in [-0.05, 0) is 36.8 Å². The monoisotopic (exact) mass is 343 g/mol. The fourth-order valence-electron chi connectivity index (χ4n) is 2.92. The number of anilines is 2. The number of para-hydroxylation sites is 1. The number of amides is 1. The molecule has 1 aliphatic rings. The minimum Gasteiger partial charge on any atom is -0.376 e. The van der Waals surface area contributed by atoms with Crippen molar-refractivity contribution >= 4 is 28.9 Å². The van der Waals surface area contributed by atoms with E-state index in [4.69, 9.17) is 11.6 Å². The summed E-state index contributed by atoms with van der Waals surface area (Å²) in [6, 6.07) is 16.0. The number of nitrogens with zero attached hydrogens (tertiary/aromatic N) is 2. The van der Waals surface area contributed by atoms with Crippen LogP contribution in [-0.2, 0) is 4.79 Å². The predicted octanol–water partition coefficient (Wildman–Crippen LogP) is 3.41. The third-order valence-electron chi connectivity index (χ3n) is 4.38. The number of aryl methyl sites for hydroxylation is 1. The molecule has 3 rings (SSSR count). The highest BCUT2D eigenvalue weighted by molar-refractivity contribution is 6.30. The molecule has 126 valence electrons. The molecule has 0 saturated carbocycles. The first kappa shape index (κ1) is 16.7. The second-order valence-electron chi connectivity index (χ2n) is 6.02. The quantitative estimate of drug-likeness (QED) is 0.924. The number of carbonyl (C=O) groups is 1. The number of piperazine rings is 1. The predicted molar refractivity (Wildman–Crippen MR) is 99.9 cm³/mol. The zero-order chi connectivity index (χ0) is 16.9. The van der Waals surface area contributed by atoms with Crippen molar-refractivity contribution in [2.75, 3.05) is 42.9 Å². The van der Waals surface area contributed by atoms with E-state index in [2.05, 4.69) is 22.3 Å². The first-order valence-electron chi connectivity index (χ1n) is 8.21. The van der Waals surface area contributed by atoms with Crippen LogP contribution in [0, 0.1) is 6.92 Å². The second kappa shape index (κ2) is 7.58. The molecular formula is C19H22ClN3O. The minimum atomic E-state index is 0.127. The molecule has 1 aliphatic heterocycles. The summed E-state index contributed by atoms with van der Waals surface area (Å²) in [5.41, 5.74) is 3.22. The van der Waals surface area contributed by atoms with Crippen molar-refractivity contribution in [3.63, 3.8) is 0 Å². The van der Waals surface area contributed by atoms with Gasteiger partial charge in [0.2, 0.25) is 5.91 Å². The van der Waals surface area contributed by atoms with Crippen molar-refractivity contribution < 1.29 is 4.79 Å². The van der Waals surface area contributed by atoms with E-state index in [1.165, 1.54) is 5.69 Å². The number of carbonyl (C=O) groups excluding carboxylic acids is 1. The standard InChI is InChI=1S/C19H22ClN3O/c1-15-7-8-16(20)13-18(15)21-14-19(24)23-11-9-22(10-12-23)17-5-3-2-4-6-17/h2-8,13,21H,9-12,14H2,1H3. The Morgan fingerprint density at radius 1 is 1.08 bits per heavy atom. The van der Waals surface area contributed by atoms with Crippen LogP contribution in [0.4, 0.5) is 11.4 Å². The Labute approximate surface area is 148 Å². The van der Waals surface area contributed by atoms with E-state index < -0.39 is 0 Å². The maximum absolute atomic E-state index is 12.4. The average Bonchev–Trinajstić information content (AvgIpc) is 2.63. The number of rotatable bonds is 4. The number of hydrogen-bond donors (Lipinski definition) is 1. The van der Waals surface area contributed by atoms with E-state index in [1.807, 2.05) is 48.2 Å². The van der Waals surface area contributed by atoms with Crippen molar-refractivity contribution in [2.24, 2.45) is 0 Å². The molecule has 1 saturated heterocycles. The Morgan fingerprint density at radius 3 is 2.50 bits per heavy atom. The van der Waals surface area contributed by atoms with Gasteiger partial charge in [0.25, 0.3) is 0 Å². The molecule has 0 unspecified atom stereocenters. The van der Waals surface area contributed by atoms with Gasteiger partial charge in [-0.15, -0.1) is 0 Å². The van der Waals surface area contributed by atoms with Crippen LogP contribution in [0.3, 0.4) is 0 Å². The summed E-state index contributed by atoms with van der Waals surface area (Å²) in [7, 11) is 0. The summed E-state index contributed by atoms with van der Waals surface area (Å²) in [5, 5.41) is 3.88. The van der Waals surface area contributed by atoms with Gasteiger partial charge in [0, 0.05) is 42.6 Å². The van der Waals surface area contributed by atoms with E-state index in [1.54, 1.807) is 0 Å². The molecule has 1 heterocycles. The SMILES string of the molecule is Cc1ccc(Cl)cc1NCC(=O)N1CCN(c2ccccc2)CC1. The molecule has 1 fully saturated rings. The molecule has 4 nitrogen and oxygen atoms in total. The van der Waals surface area contributed by atoms with Gasteiger partial charge in [-0.1, -0.05) is 35.9 Å². The zero-order valence-electron chi connectivity index (χ0n) is 13.8. The molecule has 0 aliphatic carbocycles. The van der Waals surface area contributed by atoms with Crippen LogP contribution in [0.2, 0.25) is 5.02 Å². The van der Waals surface area contributed by atoms with Crippen molar-refractivity contribution in [3.05, 3.63) is 59.1 Å². The molecule has 5 heteroatoms. The average molecular weight is 344 g/mol. The minimum absolute atomic E-state index is 0.127.